The van der Waals surface area contributed by atoms with Crippen molar-refractivity contribution in [1.82, 2.24) is 0 Å². The smallest absolute Gasteiger partial charge is 0.344 e. The standard InChI is InChI=1S/C48H26O6/c49-47-38(22-36-21-34-18-30-7-1-2-8-31(30)19-35(34)23-42(36)54-47)32-9-5-10-33(20-32)44-26-46-45(52-44)25-43(51-46)29-14-12-28(13-15-29)39-24-40-37-11-4-3-6-27(37)16-17-41(40)53-48(39)50/h1-26H. The van der Waals surface area contributed by atoms with E-state index in [1.165, 1.54) is 0 Å². The minimum absolute atomic E-state index is 0.387. The Morgan fingerprint density at radius 2 is 0.889 bits per heavy atom. The van der Waals surface area contributed by atoms with Gasteiger partial charge in [-0.15, -0.1) is 0 Å². The van der Waals surface area contributed by atoms with Crippen LogP contribution in [-0.2, 0) is 0 Å². The molecule has 0 spiro atoms. The predicted molar refractivity (Wildman–Crippen MR) is 215 cm³/mol. The molecule has 6 heteroatoms. The summed E-state index contributed by atoms with van der Waals surface area (Å²) in [7, 11) is 0. The molecule has 0 fully saturated rings. The van der Waals surface area contributed by atoms with Gasteiger partial charge in [0.2, 0.25) is 0 Å². The average molecular weight is 699 g/mol. The minimum atomic E-state index is -0.404. The molecule has 254 valence electrons. The van der Waals surface area contributed by atoms with E-state index in [1.807, 2.05) is 127 Å². The van der Waals surface area contributed by atoms with E-state index in [1.54, 1.807) is 0 Å². The molecule has 4 aromatic heterocycles. The van der Waals surface area contributed by atoms with Gasteiger partial charge in [-0.25, -0.2) is 9.59 Å². The third-order valence-corrected chi connectivity index (χ3v) is 10.3. The number of hydrogen-bond acceptors (Lipinski definition) is 6. The van der Waals surface area contributed by atoms with Crippen LogP contribution in [0.3, 0.4) is 0 Å². The highest BCUT2D eigenvalue weighted by Gasteiger charge is 2.17. The van der Waals surface area contributed by atoms with Crippen LogP contribution < -0.4 is 11.3 Å². The summed E-state index contributed by atoms with van der Waals surface area (Å²) in [6, 6.07) is 51.2. The van der Waals surface area contributed by atoms with Crippen molar-refractivity contribution in [3.63, 3.8) is 0 Å². The zero-order valence-electron chi connectivity index (χ0n) is 28.5. The zero-order chi connectivity index (χ0) is 35.9. The Hall–Kier alpha value is -7.44. The lowest BCUT2D eigenvalue weighted by atomic mass is 9.99. The van der Waals surface area contributed by atoms with Gasteiger partial charge in [-0.3, -0.25) is 0 Å². The first kappa shape index (κ1) is 30.2. The molecule has 0 amide bonds. The van der Waals surface area contributed by atoms with Crippen LogP contribution in [0.5, 0.6) is 0 Å². The van der Waals surface area contributed by atoms with E-state index in [-0.39, 0.29) is 5.63 Å². The van der Waals surface area contributed by atoms with E-state index >= 15 is 0 Å². The first-order chi connectivity index (χ1) is 26.5. The SMILES string of the molecule is O=c1oc2cc3cc4ccccc4cc3cc2cc1-c1cccc(-c2cc3oc(-c4ccc(-c5cc6c(ccc7ccccc76)oc5=O)cc4)cc3o2)c1. The van der Waals surface area contributed by atoms with Crippen molar-refractivity contribution in [3.05, 3.63) is 179 Å². The Morgan fingerprint density at radius 1 is 0.296 bits per heavy atom. The van der Waals surface area contributed by atoms with Gasteiger partial charge in [-0.05, 0) is 92.0 Å². The summed E-state index contributed by atoms with van der Waals surface area (Å²) in [4.78, 5) is 26.3. The number of benzene rings is 7. The lowest BCUT2D eigenvalue weighted by molar-refractivity contribution is 0.563. The fourth-order valence-electron chi connectivity index (χ4n) is 7.61. The van der Waals surface area contributed by atoms with Gasteiger partial charge in [-0.1, -0.05) is 97.1 Å². The fourth-order valence-corrected chi connectivity index (χ4v) is 7.61. The molecule has 11 rings (SSSR count). The molecular formula is C48H26O6. The van der Waals surface area contributed by atoms with Crippen molar-refractivity contribution < 1.29 is 17.7 Å². The maximum absolute atomic E-state index is 13.3. The Morgan fingerprint density at radius 3 is 1.65 bits per heavy atom. The van der Waals surface area contributed by atoms with Gasteiger partial charge < -0.3 is 17.7 Å². The second-order valence-electron chi connectivity index (χ2n) is 13.6. The van der Waals surface area contributed by atoms with E-state index in [2.05, 4.69) is 30.3 Å². The molecule has 11 aromatic rings. The van der Waals surface area contributed by atoms with Gasteiger partial charge in [0.15, 0.2) is 11.2 Å². The van der Waals surface area contributed by atoms with Gasteiger partial charge in [0.1, 0.15) is 22.7 Å². The van der Waals surface area contributed by atoms with Crippen molar-refractivity contribution in [2.24, 2.45) is 0 Å². The maximum atomic E-state index is 13.3. The monoisotopic (exact) mass is 698 g/mol. The van der Waals surface area contributed by atoms with Crippen LogP contribution >= 0.6 is 0 Å². The van der Waals surface area contributed by atoms with Crippen molar-refractivity contribution >= 4 is 65.4 Å². The van der Waals surface area contributed by atoms with E-state index < -0.39 is 5.63 Å². The number of rotatable bonds is 4. The fraction of sp³-hybridized carbons (Fsp3) is 0. The molecule has 0 aliphatic heterocycles. The van der Waals surface area contributed by atoms with Crippen molar-refractivity contribution in [2.45, 2.75) is 0 Å². The van der Waals surface area contributed by atoms with Gasteiger partial charge in [-0.2, -0.15) is 0 Å². The second-order valence-corrected chi connectivity index (χ2v) is 13.6. The third-order valence-electron chi connectivity index (χ3n) is 10.3. The Kier molecular flexibility index (Phi) is 6.45. The van der Waals surface area contributed by atoms with Crippen molar-refractivity contribution in [2.75, 3.05) is 0 Å². The molecule has 0 aliphatic carbocycles. The highest BCUT2D eigenvalue weighted by Crippen LogP contribution is 2.37. The molecule has 0 atom stereocenters. The summed E-state index contributed by atoms with van der Waals surface area (Å²) < 4.78 is 24.1. The Bertz CT molecular complexity index is 3400. The quantitative estimate of drug-likeness (QED) is 0.103. The second kappa shape index (κ2) is 11.5. The van der Waals surface area contributed by atoms with Gasteiger partial charge >= 0.3 is 11.3 Å². The lowest BCUT2D eigenvalue weighted by Crippen LogP contribution is -2.02. The number of hydrogen-bond donors (Lipinski definition) is 0. The van der Waals surface area contributed by atoms with Crippen LogP contribution in [0.1, 0.15) is 0 Å². The summed E-state index contributed by atoms with van der Waals surface area (Å²) in [5.41, 5.74) is 5.60. The van der Waals surface area contributed by atoms with Gasteiger partial charge in [0.25, 0.3) is 0 Å². The van der Waals surface area contributed by atoms with E-state index in [9.17, 15) is 9.59 Å². The first-order valence-electron chi connectivity index (χ1n) is 17.6. The molecule has 0 bridgehead atoms. The molecule has 54 heavy (non-hydrogen) atoms. The summed E-state index contributed by atoms with van der Waals surface area (Å²) in [6.07, 6.45) is 0. The van der Waals surface area contributed by atoms with E-state index in [0.717, 1.165) is 65.3 Å². The molecule has 0 N–H and O–H groups in total. The normalized spacial score (nSPS) is 11.9. The molecule has 7 aromatic carbocycles. The van der Waals surface area contributed by atoms with Crippen LogP contribution in [0, 0.1) is 0 Å². The van der Waals surface area contributed by atoms with Crippen molar-refractivity contribution in [1.29, 1.82) is 0 Å². The summed E-state index contributed by atoms with van der Waals surface area (Å²) in [5.74, 6) is 1.26. The topological polar surface area (TPSA) is 86.7 Å². The molecule has 6 nitrogen and oxygen atoms in total. The third kappa shape index (κ3) is 4.89. The molecule has 0 aliphatic rings. The van der Waals surface area contributed by atoms with Gasteiger partial charge in [0, 0.05) is 34.0 Å². The largest absolute Gasteiger partial charge is 0.453 e. The van der Waals surface area contributed by atoms with E-state index in [4.69, 9.17) is 17.7 Å². The minimum Gasteiger partial charge on any atom is -0.453 e. The number of furan rings is 2. The first-order valence-corrected chi connectivity index (χ1v) is 17.6. The zero-order valence-corrected chi connectivity index (χ0v) is 28.5. The molecule has 4 heterocycles. The highest BCUT2D eigenvalue weighted by molar-refractivity contribution is 6.07. The average Bonchev–Trinajstić information content (AvgIpc) is 3.79. The number of fused-ring (bicyclic) bond motifs is 7. The van der Waals surface area contributed by atoms with Crippen LogP contribution in [0.4, 0.5) is 0 Å². The maximum Gasteiger partial charge on any atom is 0.344 e. The summed E-state index contributed by atoms with van der Waals surface area (Å²) in [6.45, 7) is 0. The van der Waals surface area contributed by atoms with Crippen LogP contribution in [0.25, 0.3) is 110 Å². The van der Waals surface area contributed by atoms with Crippen molar-refractivity contribution in [3.8, 4) is 44.9 Å². The Labute approximate surface area is 305 Å². The summed E-state index contributed by atoms with van der Waals surface area (Å²) in [5, 5.41) is 8.25. The van der Waals surface area contributed by atoms with Crippen LogP contribution in [-0.4, -0.2) is 0 Å². The summed E-state index contributed by atoms with van der Waals surface area (Å²) >= 11 is 0. The molecular weight excluding hydrogens is 673 g/mol. The molecule has 0 saturated carbocycles. The van der Waals surface area contributed by atoms with Gasteiger partial charge in [0.05, 0.1) is 11.1 Å². The van der Waals surface area contributed by atoms with Crippen LogP contribution in [0.15, 0.2) is 185 Å². The lowest BCUT2D eigenvalue weighted by Gasteiger charge is -2.07. The van der Waals surface area contributed by atoms with Crippen LogP contribution in [0.2, 0.25) is 0 Å². The molecule has 0 radical (unpaired) electrons. The molecule has 0 saturated heterocycles. The Balaban J connectivity index is 0.895. The van der Waals surface area contributed by atoms with E-state index in [0.29, 0.717) is 45.0 Å². The molecule has 0 unspecified atom stereocenters. The highest BCUT2D eigenvalue weighted by atomic mass is 16.4. The predicted octanol–water partition coefficient (Wildman–Crippen LogP) is 12.4.